The lowest BCUT2D eigenvalue weighted by atomic mass is 10.2. The van der Waals surface area contributed by atoms with Crippen molar-refractivity contribution in [1.82, 2.24) is 15.2 Å². The number of rotatable bonds is 3. The minimum Gasteiger partial charge on any atom is -0.319 e. The number of hydrogen-bond donors (Lipinski definition) is 2. The second-order valence-corrected chi connectivity index (χ2v) is 4.35. The highest BCUT2D eigenvalue weighted by molar-refractivity contribution is 6.01. The number of carbonyl (C=O) groups excluding carboxylic acids is 1. The molecule has 96 valence electrons. The van der Waals surface area contributed by atoms with Crippen LogP contribution in [0.5, 0.6) is 0 Å². The molecule has 0 aliphatic heterocycles. The van der Waals surface area contributed by atoms with E-state index < -0.39 is 5.91 Å². The number of carbonyl (C=O) groups is 1. The van der Waals surface area contributed by atoms with Gasteiger partial charge in [-0.2, -0.15) is 5.26 Å². The zero-order valence-corrected chi connectivity index (χ0v) is 10.6. The van der Waals surface area contributed by atoms with Crippen molar-refractivity contribution in [2.45, 2.75) is 19.8 Å². The van der Waals surface area contributed by atoms with Gasteiger partial charge >= 0.3 is 0 Å². The molecule has 0 atom stereocenters. The number of aromatic amines is 1. The van der Waals surface area contributed by atoms with Crippen LogP contribution in [0, 0.1) is 11.3 Å². The lowest BCUT2D eigenvalue weighted by molar-refractivity contribution is 0.101. The number of H-pyrrole nitrogens is 1. The molecule has 0 spiro atoms. The Morgan fingerprint density at radius 1 is 1.47 bits per heavy atom. The van der Waals surface area contributed by atoms with Gasteiger partial charge in [-0.1, -0.05) is 19.9 Å². The van der Waals surface area contributed by atoms with Crippen LogP contribution in [0.4, 0.5) is 5.69 Å². The number of benzene rings is 1. The first-order valence-electron chi connectivity index (χ1n) is 5.84. The number of hydrogen-bond acceptors (Lipinski definition) is 4. The molecule has 1 aromatic carbocycles. The molecule has 6 nitrogen and oxygen atoms in total. The van der Waals surface area contributed by atoms with Gasteiger partial charge in [-0.3, -0.25) is 9.89 Å². The maximum absolute atomic E-state index is 11.9. The van der Waals surface area contributed by atoms with Crippen molar-refractivity contribution in [3.05, 3.63) is 41.5 Å². The van der Waals surface area contributed by atoms with Crippen molar-refractivity contribution in [2.24, 2.45) is 0 Å². The molecule has 0 aliphatic carbocycles. The molecule has 2 rings (SSSR count). The van der Waals surface area contributed by atoms with Gasteiger partial charge in [0.15, 0.2) is 0 Å². The summed E-state index contributed by atoms with van der Waals surface area (Å²) in [5, 5.41) is 18.0. The predicted molar refractivity (Wildman–Crippen MR) is 69.6 cm³/mol. The van der Waals surface area contributed by atoms with Crippen LogP contribution in [0.15, 0.2) is 24.3 Å². The summed E-state index contributed by atoms with van der Waals surface area (Å²) in [7, 11) is 0. The third kappa shape index (κ3) is 2.96. The van der Waals surface area contributed by atoms with Crippen LogP contribution in [-0.2, 0) is 0 Å². The summed E-state index contributed by atoms with van der Waals surface area (Å²) in [6.07, 6.45) is 0. The normalized spacial score (nSPS) is 10.2. The first-order chi connectivity index (χ1) is 9.10. The summed E-state index contributed by atoms with van der Waals surface area (Å²) in [4.78, 5) is 16.0. The maximum atomic E-state index is 11.9. The minimum atomic E-state index is -0.404. The Balaban J connectivity index is 2.14. The van der Waals surface area contributed by atoms with Gasteiger partial charge in [-0.25, -0.2) is 4.98 Å². The SMILES string of the molecule is CC(C)c1nc(C(=O)Nc2cccc(C#N)c2)n[nH]1. The van der Waals surface area contributed by atoms with E-state index in [1.165, 1.54) is 0 Å². The maximum Gasteiger partial charge on any atom is 0.295 e. The summed E-state index contributed by atoms with van der Waals surface area (Å²) in [6.45, 7) is 3.91. The van der Waals surface area contributed by atoms with E-state index in [2.05, 4.69) is 20.5 Å². The quantitative estimate of drug-likeness (QED) is 0.877. The molecule has 0 saturated heterocycles. The molecule has 2 aromatic rings. The van der Waals surface area contributed by atoms with Gasteiger partial charge in [0.1, 0.15) is 5.82 Å². The highest BCUT2D eigenvalue weighted by Crippen LogP contribution is 2.12. The van der Waals surface area contributed by atoms with Gasteiger partial charge in [0.2, 0.25) is 5.82 Å². The number of anilines is 1. The molecule has 0 bridgehead atoms. The summed E-state index contributed by atoms with van der Waals surface area (Å²) in [5.74, 6) is 0.524. The average molecular weight is 255 g/mol. The lowest BCUT2D eigenvalue weighted by Gasteiger charge is -2.02. The summed E-state index contributed by atoms with van der Waals surface area (Å²) in [5.41, 5.74) is 1.02. The summed E-state index contributed by atoms with van der Waals surface area (Å²) >= 11 is 0. The second-order valence-electron chi connectivity index (χ2n) is 4.35. The van der Waals surface area contributed by atoms with E-state index in [0.717, 1.165) is 0 Å². The van der Waals surface area contributed by atoms with Crippen molar-refractivity contribution in [3.63, 3.8) is 0 Å². The van der Waals surface area contributed by atoms with Crippen LogP contribution < -0.4 is 5.32 Å². The topological polar surface area (TPSA) is 94.5 Å². The molecule has 2 N–H and O–H groups in total. The molecule has 0 radical (unpaired) electrons. The largest absolute Gasteiger partial charge is 0.319 e. The molecule has 0 unspecified atom stereocenters. The van der Waals surface area contributed by atoms with Gasteiger partial charge in [0.05, 0.1) is 11.6 Å². The smallest absolute Gasteiger partial charge is 0.295 e. The molecule has 1 aromatic heterocycles. The number of nitriles is 1. The number of nitrogens with one attached hydrogen (secondary N) is 2. The average Bonchev–Trinajstić information content (AvgIpc) is 2.89. The van der Waals surface area contributed by atoms with E-state index in [1.54, 1.807) is 24.3 Å². The molecular weight excluding hydrogens is 242 g/mol. The van der Waals surface area contributed by atoms with Crippen LogP contribution in [-0.4, -0.2) is 21.1 Å². The van der Waals surface area contributed by atoms with Gasteiger partial charge in [0, 0.05) is 11.6 Å². The van der Waals surface area contributed by atoms with Crippen molar-refractivity contribution in [1.29, 1.82) is 5.26 Å². The zero-order chi connectivity index (χ0) is 13.8. The Hall–Kier alpha value is -2.68. The predicted octanol–water partition coefficient (Wildman–Crippen LogP) is 2.05. The molecule has 19 heavy (non-hydrogen) atoms. The number of aromatic nitrogens is 3. The van der Waals surface area contributed by atoms with Crippen molar-refractivity contribution >= 4 is 11.6 Å². The summed E-state index contributed by atoms with van der Waals surface area (Å²) in [6, 6.07) is 8.67. The van der Waals surface area contributed by atoms with E-state index >= 15 is 0 Å². The summed E-state index contributed by atoms with van der Waals surface area (Å²) < 4.78 is 0. The van der Waals surface area contributed by atoms with Gasteiger partial charge in [-0.15, -0.1) is 5.10 Å². The first kappa shape index (κ1) is 12.8. The van der Waals surface area contributed by atoms with Gasteiger partial charge < -0.3 is 5.32 Å². The standard InChI is InChI=1S/C13H13N5O/c1-8(2)11-16-12(18-17-11)13(19)15-10-5-3-4-9(6-10)7-14/h3-6,8H,1-2H3,(H,15,19)(H,16,17,18). The lowest BCUT2D eigenvalue weighted by Crippen LogP contribution is -2.13. The Morgan fingerprint density at radius 3 is 2.89 bits per heavy atom. The van der Waals surface area contributed by atoms with Crippen LogP contribution in [0.25, 0.3) is 0 Å². The fraction of sp³-hybridized carbons (Fsp3) is 0.231. The third-order valence-electron chi connectivity index (χ3n) is 2.50. The van der Waals surface area contributed by atoms with Crippen molar-refractivity contribution in [2.75, 3.05) is 5.32 Å². The van der Waals surface area contributed by atoms with Gasteiger partial charge in [0.25, 0.3) is 5.91 Å². The number of nitrogens with zero attached hydrogens (tertiary/aromatic N) is 3. The zero-order valence-electron chi connectivity index (χ0n) is 10.6. The van der Waals surface area contributed by atoms with Crippen LogP contribution in [0.3, 0.4) is 0 Å². The molecule has 1 heterocycles. The Morgan fingerprint density at radius 2 is 2.26 bits per heavy atom. The first-order valence-corrected chi connectivity index (χ1v) is 5.84. The fourth-order valence-electron chi connectivity index (χ4n) is 1.49. The van der Waals surface area contributed by atoms with Crippen LogP contribution in [0.2, 0.25) is 0 Å². The Labute approximate surface area is 110 Å². The monoisotopic (exact) mass is 255 g/mol. The number of amides is 1. The third-order valence-corrected chi connectivity index (χ3v) is 2.50. The fourth-order valence-corrected chi connectivity index (χ4v) is 1.49. The van der Waals surface area contributed by atoms with Crippen LogP contribution >= 0.6 is 0 Å². The Bertz CT molecular complexity index is 638. The highest BCUT2D eigenvalue weighted by atomic mass is 16.2. The van der Waals surface area contributed by atoms with E-state index in [0.29, 0.717) is 17.1 Å². The molecule has 1 amide bonds. The van der Waals surface area contributed by atoms with Crippen LogP contribution in [0.1, 0.15) is 41.8 Å². The molecule has 0 saturated carbocycles. The van der Waals surface area contributed by atoms with E-state index in [4.69, 9.17) is 5.26 Å². The van der Waals surface area contributed by atoms with Crippen molar-refractivity contribution < 1.29 is 4.79 Å². The van der Waals surface area contributed by atoms with E-state index in [1.807, 2.05) is 19.9 Å². The molecular formula is C13H13N5O. The highest BCUT2D eigenvalue weighted by Gasteiger charge is 2.14. The molecule has 6 heteroatoms. The minimum absolute atomic E-state index is 0.0889. The molecule has 0 fully saturated rings. The van der Waals surface area contributed by atoms with E-state index in [9.17, 15) is 4.79 Å². The Kier molecular flexibility index (Phi) is 3.57. The van der Waals surface area contributed by atoms with Crippen molar-refractivity contribution in [3.8, 4) is 6.07 Å². The molecule has 0 aliphatic rings. The van der Waals surface area contributed by atoms with Gasteiger partial charge in [-0.05, 0) is 18.2 Å². The second kappa shape index (κ2) is 5.31. The van der Waals surface area contributed by atoms with E-state index in [-0.39, 0.29) is 11.7 Å².